The molecular weight excluding hydrogens is 935 g/mol. The number of nitrogens with one attached hydrogen (secondary N) is 4. The molecule has 4 aliphatic rings. The van der Waals surface area contributed by atoms with Gasteiger partial charge in [0, 0.05) is 49.4 Å². The Kier molecular flexibility index (Phi) is 23.4. The highest BCUT2D eigenvalue weighted by atomic mass is 32.1. The van der Waals surface area contributed by atoms with E-state index in [2.05, 4.69) is 60.8 Å². The minimum atomic E-state index is -0.214. The SMILES string of the molecule is CCCCCCCCN(CCCCCCCC)C(=O)CC[C@@H](C)[C@H]1CC[C@H]2[C@@H]3CC[C@@H]4C[C@H](OC(=O)CCNC(=S)Nc5ccccc5)CC[C@]4(C)[C@H]3C[C@H](OC(=O)CCNC(=S)Nc3ccccc3)[C@]12C. The van der Waals surface area contributed by atoms with Crippen LogP contribution in [0.15, 0.2) is 60.7 Å². The summed E-state index contributed by atoms with van der Waals surface area (Å²) in [6, 6.07) is 19.6. The van der Waals surface area contributed by atoms with Crippen molar-refractivity contribution in [2.24, 2.45) is 46.3 Å². The molecule has 10 nitrogen and oxygen atoms in total. The van der Waals surface area contributed by atoms with E-state index in [-0.39, 0.29) is 47.8 Å². The summed E-state index contributed by atoms with van der Waals surface area (Å²) in [6.45, 7) is 14.4. The fourth-order valence-corrected chi connectivity index (χ4v) is 14.5. The maximum absolute atomic E-state index is 14.2. The van der Waals surface area contributed by atoms with E-state index < -0.39 is 0 Å². The summed E-state index contributed by atoms with van der Waals surface area (Å²) < 4.78 is 13.0. The van der Waals surface area contributed by atoms with Gasteiger partial charge in [-0.25, -0.2) is 0 Å². The minimum absolute atomic E-state index is 0.0666. The number of carbonyl (C=O) groups is 3. The number of ether oxygens (including phenoxy) is 2. The van der Waals surface area contributed by atoms with E-state index >= 15 is 0 Å². The third-order valence-corrected chi connectivity index (χ3v) is 18.5. The Morgan fingerprint density at radius 2 is 1.19 bits per heavy atom. The molecular formula is C60H93N5O5S2. The molecule has 0 heterocycles. The number of esters is 2. The van der Waals surface area contributed by atoms with Crippen LogP contribution in [0.5, 0.6) is 0 Å². The normalized spacial score (nSPS) is 26.7. The van der Waals surface area contributed by atoms with Gasteiger partial charge in [-0.3, -0.25) is 14.4 Å². The number of rotatable bonds is 28. The summed E-state index contributed by atoms with van der Waals surface area (Å²) >= 11 is 11.0. The van der Waals surface area contributed by atoms with E-state index in [9.17, 15) is 14.4 Å². The van der Waals surface area contributed by atoms with Crippen LogP contribution in [-0.2, 0) is 23.9 Å². The average Bonchev–Trinajstić information content (AvgIpc) is 3.73. The van der Waals surface area contributed by atoms with Gasteiger partial charge in [0.05, 0.1) is 12.8 Å². The van der Waals surface area contributed by atoms with Gasteiger partial charge in [-0.15, -0.1) is 0 Å². The van der Waals surface area contributed by atoms with Gasteiger partial charge in [0.25, 0.3) is 0 Å². The van der Waals surface area contributed by atoms with E-state index in [1.807, 2.05) is 60.7 Å². The van der Waals surface area contributed by atoms with Gasteiger partial charge in [0.2, 0.25) is 5.91 Å². The molecule has 4 N–H and O–H groups in total. The molecule has 6 rings (SSSR count). The Morgan fingerprint density at radius 3 is 1.76 bits per heavy atom. The maximum Gasteiger partial charge on any atom is 0.307 e. The lowest BCUT2D eigenvalue weighted by molar-refractivity contribution is -0.199. The van der Waals surface area contributed by atoms with Crippen LogP contribution in [0, 0.1) is 46.3 Å². The molecule has 0 aliphatic heterocycles. The van der Waals surface area contributed by atoms with Crippen molar-refractivity contribution in [1.29, 1.82) is 0 Å². The fraction of sp³-hybridized carbons (Fsp3) is 0.717. The van der Waals surface area contributed by atoms with Gasteiger partial charge in [-0.05, 0) is 160 Å². The van der Waals surface area contributed by atoms with E-state index in [1.165, 1.54) is 64.2 Å². The molecule has 72 heavy (non-hydrogen) atoms. The molecule has 0 saturated heterocycles. The smallest absolute Gasteiger partial charge is 0.307 e. The Balaban J connectivity index is 1.09. The van der Waals surface area contributed by atoms with Crippen LogP contribution < -0.4 is 21.3 Å². The monoisotopic (exact) mass is 1030 g/mol. The lowest BCUT2D eigenvalue weighted by Gasteiger charge is -2.62. The number of nitrogens with zero attached hydrogens (tertiary/aromatic N) is 1. The molecule has 4 aliphatic carbocycles. The molecule has 0 aromatic heterocycles. The molecule has 4 saturated carbocycles. The number of carbonyl (C=O) groups excluding carboxylic acids is 3. The number of hydrogen-bond acceptors (Lipinski definition) is 7. The number of benzene rings is 2. The van der Waals surface area contributed by atoms with Gasteiger partial charge >= 0.3 is 11.9 Å². The highest BCUT2D eigenvalue weighted by molar-refractivity contribution is 7.80. The first-order valence-corrected chi connectivity index (χ1v) is 29.5. The quantitative estimate of drug-likeness (QED) is 0.0370. The zero-order valence-corrected chi connectivity index (χ0v) is 46.6. The second-order valence-electron chi connectivity index (χ2n) is 22.7. The summed E-state index contributed by atoms with van der Waals surface area (Å²) in [5.74, 6) is 2.50. The van der Waals surface area contributed by atoms with Crippen molar-refractivity contribution in [2.45, 2.75) is 201 Å². The van der Waals surface area contributed by atoms with Crippen LogP contribution in [0.25, 0.3) is 0 Å². The molecule has 0 unspecified atom stereocenters. The van der Waals surface area contributed by atoms with Crippen LogP contribution in [0.3, 0.4) is 0 Å². The second-order valence-corrected chi connectivity index (χ2v) is 23.5. The lowest BCUT2D eigenvalue weighted by atomic mass is 9.43. The van der Waals surface area contributed by atoms with E-state index in [0.29, 0.717) is 71.1 Å². The van der Waals surface area contributed by atoms with Gasteiger partial charge in [0.15, 0.2) is 10.2 Å². The molecule has 10 atom stereocenters. The first-order chi connectivity index (χ1) is 34.8. The molecule has 400 valence electrons. The first kappa shape index (κ1) is 57.5. The lowest BCUT2D eigenvalue weighted by Crippen LogP contribution is -2.59. The predicted octanol–water partition coefficient (Wildman–Crippen LogP) is 13.8. The van der Waals surface area contributed by atoms with Crippen molar-refractivity contribution in [3.63, 3.8) is 0 Å². The predicted molar refractivity (Wildman–Crippen MR) is 303 cm³/mol. The number of para-hydroxylation sites is 2. The van der Waals surface area contributed by atoms with Gasteiger partial charge in [-0.2, -0.15) is 0 Å². The van der Waals surface area contributed by atoms with E-state index in [0.717, 1.165) is 95.1 Å². The minimum Gasteiger partial charge on any atom is -0.462 e. The van der Waals surface area contributed by atoms with Crippen molar-refractivity contribution in [3.05, 3.63) is 60.7 Å². The fourth-order valence-electron chi connectivity index (χ4n) is 14.0. The van der Waals surface area contributed by atoms with Crippen molar-refractivity contribution in [2.75, 3.05) is 36.8 Å². The molecule has 0 bridgehead atoms. The first-order valence-electron chi connectivity index (χ1n) is 28.7. The summed E-state index contributed by atoms with van der Waals surface area (Å²) in [7, 11) is 0. The van der Waals surface area contributed by atoms with Crippen molar-refractivity contribution < 1.29 is 23.9 Å². The molecule has 12 heteroatoms. The van der Waals surface area contributed by atoms with Crippen LogP contribution >= 0.6 is 24.4 Å². The summed E-state index contributed by atoms with van der Waals surface area (Å²) in [4.78, 5) is 43.7. The van der Waals surface area contributed by atoms with Crippen molar-refractivity contribution in [1.82, 2.24) is 15.5 Å². The third kappa shape index (κ3) is 16.4. The standard InChI is InChI=1S/C60H93N5O5S2/c1-6-8-10-12-14-22-40-65(41-23-15-13-11-9-7-2)54(66)33-28-44(3)50-31-32-51-49-30-29-45-42-48(69-55(67)35-38-61-57(71)63-46-24-18-16-19-25-46)34-37-59(45,4)52(49)43-53(60(50,51)5)70-56(68)36-39-62-58(72)64-47-26-20-17-21-27-47/h16-21,24-27,44-45,48-53H,6-15,22-23,28-43H2,1-5H3,(H2,61,63,71)(H2,62,64,72)/t44-,45-,48-,49+,50-,51+,52+,53+,59+,60-/m1/s1. The molecule has 1 amide bonds. The number of amides is 1. The zero-order valence-electron chi connectivity index (χ0n) is 45.0. The van der Waals surface area contributed by atoms with Crippen LogP contribution in [-0.4, -0.2) is 71.4 Å². The van der Waals surface area contributed by atoms with Crippen molar-refractivity contribution >= 4 is 63.9 Å². The maximum atomic E-state index is 14.2. The number of thiocarbonyl (C=S) groups is 2. The Morgan fingerprint density at radius 1 is 0.653 bits per heavy atom. The molecule has 0 radical (unpaired) electrons. The van der Waals surface area contributed by atoms with Crippen LogP contribution in [0.2, 0.25) is 0 Å². The zero-order chi connectivity index (χ0) is 51.4. The third-order valence-electron chi connectivity index (χ3n) is 18.0. The van der Waals surface area contributed by atoms with Gasteiger partial charge in [0.1, 0.15) is 12.2 Å². The highest BCUT2D eigenvalue weighted by Gasteiger charge is 2.65. The number of unbranched alkanes of at least 4 members (excludes halogenated alkanes) is 10. The van der Waals surface area contributed by atoms with Gasteiger partial charge in [-0.1, -0.05) is 135 Å². The largest absolute Gasteiger partial charge is 0.462 e. The number of anilines is 2. The van der Waals surface area contributed by atoms with Gasteiger partial charge < -0.3 is 35.6 Å². The average molecular weight is 1030 g/mol. The Bertz CT molecular complexity index is 1980. The van der Waals surface area contributed by atoms with E-state index in [1.54, 1.807) is 0 Å². The molecule has 0 spiro atoms. The summed E-state index contributed by atoms with van der Waals surface area (Å²) in [5, 5.41) is 13.7. The summed E-state index contributed by atoms with van der Waals surface area (Å²) in [6.07, 6.45) is 24.5. The summed E-state index contributed by atoms with van der Waals surface area (Å²) in [5.41, 5.74) is 1.68. The molecule has 2 aromatic carbocycles. The highest BCUT2D eigenvalue weighted by Crippen LogP contribution is 2.69. The Labute approximate surface area is 445 Å². The molecule has 4 fully saturated rings. The number of hydrogen-bond donors (Lipinski definition) is 4. The molecule has 2 aromatic rings. The second kappa shape index (κ2) is 29.4. The van der Waals surface area contributed by atoms with E-state index in [4.69, 9.17) is 33.9 Å². The van der Waals surface area contributed by atoms with Crippen LogP contribution in [0.4, 0.5) is 11.4 Å². The Hall–Kier alpha value is -3.77. The number of fused-ring (bicyclic) bond motifs is 5. The van der Waals surface area contributed by atoms with Crippen LogP contribution in [0.1, 0.15) is 189 Å². The topological polar surface area (TPSA) is 121 Å². The van der Waals surface area contributed by atoms with Crippen molar-refractivity contribution in [3.8, 4) is 0 Å².